The number of rotatable bonds is 4. The fourth-order valence-electron chi connectivity index (χ4n) is 3.52. The Morgan fingerprint density at radius 3 is 2.08 bits per heavy atom. The first kappa shape index (κ1) is 17.1. The SMILES string of the molecule is CC1CCCC(C)N1C(=O)C(Sc1ccccc1)c1ccccc1. The molecule has 3 atom stereocenters. The van der Waals surface area contributed by atoms with Gasteiger partial charge in [-0.2, -0.15) is 0 Å². The Morgan fingerprint density at radius 2 is 1.50 bits per heavy atom. The van der Waals surface area contributed by atoms with Crippen LogP contribution in [0.2, 0.25) is 0 Å². The van der Waals surface area contributed by atoms with Crippen LogP contribution in [-0.2, 0) is 4.79 Å². The molecule has 0 saturated carbocycles. The zero-order valence-electron chi connectivity index (χ0n) is 14.4. The summed E-state index contributed by atoms with van der Waals surface area (Å²) < 4.78 is 0. The molecule has 126 valence electrons. The van der Waals surface area contributed by atoms with Crippen LogP contribution < -0.4 is 0 Å². The lowest BCUT2D eigenvalue weighted by Gasteiger charge is -2.41. The summed E-state index contributed by atoms with van der Waals surface area (Å²) >= 11 is 1.66. The first-order chi connectivity index (χ1) is 11.7. The monoisotopic (exact) mass is 339 g/mol. The standard InChI is InChI=1S/C21H25NOS/c1-16-10-9-11-17(2)22(16)21(23)20(18-12-5-3-6-13-18)24-19-14-7-4-8-15-19/h3-8,12-17,20H,9-11H2,1-2H3. The summed E-state index contributed by atoms with van der Waals surface area (Å²) in [5.41, 5.74) is 1.08. The second-order valence-electron chi connectivity index (χ2n) is 6.60. The number of hydrogen-bond donors (Lipinski definition) is 0. The maximum Gasteiger partial charge on any atom is 0.241 e. The quantitative estimate of drug-likeness (QED) is 0.704. The molecule has 0 N–H and O–H groups in total. The van der Waals surface area contributed by atoms with E-state index in [0.29, 0.717) is 12.1 Å². The Bertz CT molecular complexity index is 648. The molecular formula is C21H25NOS. The number of carbonyl (C=O) groups excluding carboxylic acids is 1. The number of piperidine rings is 1. The highest BCUT2D eigenvalue weighted by Gasteiger charge is 2.34. The number of hydrogen-bond acceptors (Lipinski definition) is 2. The molecule has 2 nitrogen and oxygen atoms in total. The first-order valence-corrected chi connectivity index (χ1v) is 9.63. The number of amides is 1. The van der Waals surface area contributed by atoms with Crippen molar-refractivity contribution in [3.63, 3.8) is 0 Å². The van der Waals surface area contributed by atoms with Gasteiger partial charge in [0.05, 0.1) is 0 Å². The minimum atomic E-state index is -0.184. The van der Waals surface area contributed by atoms with E-state index in [0.717, 1.165) is 23.3 Å². The molecule has 0 radical (unpaired) electrons. The van der Waals surface area contributed by atoms with Crippen molar-refractivity contribution in [2.24, 2.45) is 0 Å². The summed E-state index contributed by atoms with van der Waals surface area (Å²) in [6, 6.07) is 21.1. The van der Waals surface area contributed by atoms with Crippen LogP contribution in [0.3, 0.4) is 0 Å². The Balaban J connectivity index is 1.90. The van der Waals surface area contributed by atoms with Gasteiger partial charge in [0.1, 0.15) is 5.25 Å². The van der Waals surface area contributed by atoms with Crippen molar-refractivity contribution in [2.45, 2.75) is 55.3 Å². The van der Waals surface area contributed by atoms with Gasteiger partial charge in [0, 0.05) is 17.0 Å². The lowest BCUT2D eigenvalue weighted by Crippen LogP contribution is -2.49. The van der Waals surface area contributed by atoms with Crippen molar-refractivity contribution in [1.82, 2.24) is 4.90 Å². The molecule has 1 aliphatic rings. The number of carbonyl (C=O) groups is 1. The molecule has 3 rings (SSSR count). The van der Waals surface area contributed by atoms with Crippen molar-refractivity contribution in [3.05, 3.63) is 66.2 Å². The highest BCUT2D eigenvalue weighted by Crippen LogP contribution is 2.38. The summed E-state index contributed by atoms with van der Waals surface area (Å²) in [4.78, 5) is 16.7. The van der Waals surface area contributed by atoms with Gasteiger partial charge in [0.15, 0.2) is 0 Å². The fraction of sp³-hybridized carbons (Fsp3) is 0.381. The summed E-state index contributed by atoms with van der Waals surface area (Å²) in [5, 5.41) is -0.184. The van der Waals surface area contributed by atoms with Crippen molar-refractivity contribution in [1.29, 1.82) is 0 Å². The molecule has 1 heterocycles. The van der Waals surface area contributed by atoms with E-state index >= 15 is 0 Å². The number of thioether (sulfide) groups is 1. The van der Waals surface area contributed by atoms with Crippen LogP contribution in [0.4, 0.5) is 0 Å². The third-order valence-electron chi connectivity index (χ3n) is 4.77. The Kier molecular flexibility index (Phi) is 5.62. The first-order valence-electron chi connectivity index (χ1n) is 8.75. The molecule has 2 aromatic carbocycles. The van der Waals surface area contributed by atoms with Crippen LogP contribution in [0, 0.1) is 0 Å². The molecule has 1 saturated heterocycles. The Morgan fingerprint density at radius 1 is 0.958 bits per heavy atom. The van der Waals surface area contributed by atoms with E-state index in [-0.39, 0.29) is 11.2 Å². The second-order valence-corrected chi connectivity index (χ2v) is 7.77. The second kappa shape index (κ2) is 7.89. The third kappa shape index (κ3) is 3.84. The van der Waals surface area contributed by atoms with Crippen molar-refractivity contribution in [2.75, 3.05) is 0 Å². The molecule has 3 heteroatoms. The van der Waals surface area contributed by atoms with Crippen molar-refractivity contribution < 1.29 is 4.79 Å². The summed E-state index contributed by atoms with van der Waals surface area (Å²) in [7, 11) is 0. The fourth-order valence-corrected chi connectivity index (χ4v) is 4.62. The van der Waals surface area contributed by atoms with Crippen LogP contribution in [0.5, 0.6) is 0 Å². The molecule has 2 aromatic rings. The predicted molar refractivity (Wildman–Crippen MR) is 101 cm³/mol. The normalized spacial score (nSPS) is 22.2. The van der Waals surface area contributed by atoms with Gasteiger partial charge in [-0.25, -0.2) is 0 Å². The smallest absolute Gasteiger partial charge is 0.241 e. The number of benzene rings is 2. The van der Waals surface area contributed by atoms with Crippen LogP contribution in [0.15, 0.2) is 65.6 Å². The van der Waals surface area contributed by atoms with Crippen molar-refractivity contribution in [3.8, 4) is 0 Å². The van der Waals surface area contributed by atoms with Gasteiger partial charge in [0.2, 0.25) is 5.91 Å². The molecule has 24 heavy (non-hydrogen) atoms. The van der Waals surface area contributed by atoms with Crippen LogP contribution in [0.25, 0.3) is 0 Å². The van der Waals surface area contributed by atoms with E-state index in [1.54, 1.807) is 11.8 Å². The molecule has 3 unspecified atom stereocenters. The van der Waals surface area contributed by atoms with Crippen LogP contribution in [-0.4, -0.2) is 22.9 Å². The molecule has 0 aliphatic carbocycles. The van der Waals surface area contributed by atoms with Gasteiger partial charge in [-0.05, 0) is 50.8 Å². The lowest BCUT2D eigenvalue weighted by molar-refractivity contribution is -0.136. The molecule has 0 bridgehead atoms. The van der Waals surface area contributed by atoms with E-state index in [1.807, 2.05) is 36.4 Å². The van der Waals surface area contributed by atoms with Gasteiger partial charge < -0.3 is 4.90 Å². The maximum absolute atomic E-state index is 13.4. The van der Waals surface area contributed by atoms with Gasteiger partial charge in [-0.3, -0.25) is 4.79 Å². The maximum atomic E-state index is 13.4. The van der Waals surface area contributed by atoms with Crippen LogP contribution in [0.1, 0.15) is 43.9 Å². The van der Waals surface area contributed by atoms with E-state index in [2.05, 4.69) is 43.0 Å². The highest BCUT2D eigenvalue weighted by molar-refractivity contribution is 8.00. The minimum Gasteiger partial charge on any atom is -0.336 e. The van der Waals surface area contributed by atoms with E-state index < -0.39 is 0 Å². The lowest BCUT2D eigenvalue weighted by atomic mass is 9.96. The van der Waals surface area contributed by atoms with Gasteiger partial charge >= 0.3 is 0 Å². The van der Waals surface area contributed by atoms with E-state index in [9.17, 15) is 4.79 Å². The molecule has 1 aliphatic heterocycles. The van der Waals surface area contributed by atoms with Crippen molar-refractivity contribution >= 4 is 17.7 Å². The van der Waals surface area contributed by atoms with Gasteiger partial charge in [-0.1, -0.05) is 48.5 Å². The minimum absolute atomic E-state index is 0.184. The number of nitrogens with zero attached hydrogens (tertiary/aromatic N) is 1. The third-order valence-corrected chi connectivity index (χ3v) is 6.03. The summed E-state index contributed by atoms with van der Waals surface area (Å²) in [6.45, 7) is 4.37. The zero-order chi connectivity index (χ0) is 16.9. The largest absolute Gasteiger partial charge is 0.336 e. The van der Waals surface area contributed by atoms with E-state index in [4.69, 9.17) is 0 Å². The highest BCUT2D eigenvalue weighted by atomic mass is 32.2. The zero-order valence-corrected chi connectivity index (χ0v) is 15.2. The number of likely N-dealkylation sites (tertiary alicyclic amines) is 1. The molecule has 0 spiro atoms. The Labute approximate surface area is 149 Å². The molecule has 0 aromatic heterocycles. The summed E-state index contributed by atoms with van der Waals surface area (Å²) in [6.07, 6.45) is 3.43. The van der Waals surface area contributed by atoms with E-state index in [1.165, 1.54) is 6.42 Å². The van der Waals surface area contributed by atoms with Gasteiger partial charge in [-0.15, -0.1) is 11.8 Å². The summed E-state index contributed by atoms with van der Waals surface area (Å²) in [5.74, 6) is 0.245. The molecule has 1 fully saturated rings. The molecular weight excluding hydrogens is 314 g/mol. The topological polar surface area (TPSA) is 20.3 Å². The predicted octanol–water partition coefficient (Wildman–Crippen LogP) is 5.31. The van der Waals surface area contributed by atoms with Gasteiger partial charge in [0.25, 0.3) is 0 Å². The molecule has 1 amide bonds. The average molecular weight is 340 g/mol. The average Bonchev–Trinajstić information content (AvgIpc) is 2.61. The van der Waals surface area contributed by atoms with Crippen LogP contribution >= 0.6 is 11.8 Å². The Hall–Kier alpha value is -1.74.